The summed E-state index contributed by atoms with van der Waals surface area (Å²) >= 11 is 0. The molecule has 15 heavy (non-hydrogen) atoms. The van der Waals surface area contributed by atoms with E-state index in [0.29, 0.717) is 6.42 Å². The zero-order valence-corrected chi connectivity index (χ0v) is 8.95. The lowest BCUT2D eigenvalue weighted by atomic mass is 10.1. The average Bonchev–Trinajstić information content (AvgIpc) is 2.69. The molecule has 2 atom stereocenters. The second-order valence-electron chi connectivity index (χ2n) is 3.84. The summed E-state index contributed by atoms with van der Waals surface area (Å²) in [5.41, 5.74) is 0. The zero-order valence-electron chi connectivity index (χ0n) is 8.95. The first-order chi connectivity index (χ1) is 7.15. The number of rotatable bonds is 5. The fourth-order valence-electron chi connectivity index (χ4n) is 1.73. The van der Waals surface area contributed by atoms with E-state index < -0.39 is 12.0 Å². The Morgan fingerprint density at radius 2 is 2.33 bits per heavy atom. The number of carbonyl (C=O) groups is 2. The maximum absolute atomic E-state index is 11.6. The van der Waals surface area contributed by atoms with Crippen LogP contribution in [0.1, 0.15) is 32.6 Å². The van der Waals surface area contributed by atoms with Gasteiger partial charge in [-0.15, -0.1) is 0 Å². The number of carboxylic acid groups (broad SMARTS) is 1. The van der Waals surface area contributed by atoms with Crippen LogP contribution in [-0.2, 0) is 9.59 Å². The number of hydrogen-bond donors (Lipinski definition) is 3. The predicted octanol–water partition coefficient (Wildman–Crippen LogP) is 0.108. The fraction of sp³-hybridized carbons (Fsp3) is 0.800. The molecule has 86 valence electrons. The molecule has 0 aliphatic carbocycles. The summed E-state index contributed by atoms with van der Waals surface area (Å²) in [5, 5.41) is 14.5. The van der Waals surface area contributed by atoms with Gasteiger partial charge >= 0.3 is 5.97 Å². The molecule has 0 aromatic rings. The van der Waals surface area contributed by atoms with Crippen LogP contribution in [-0.4, -0.2) is 35.6 Å². The van der Waals surface area contributed by atoms with Gasteiger partial charge in [-0.25, -0.2) is 4.79 Å². The fourth-order valence-corrected chi connectivity index (χ4v) is 1.73. The summed E-state index contributed by atoms with van der Waals surface area (Å²) in [5.74, 6) is -1.14. The molecule has 0 aromatic heterocycles. The van der Waals surface area contributed by atoms with Gasteiger partial charge in [0, 0.05) is 0 Å². The molecule has 0 unspecified atom stereocenters. The minimum atomic E-state index is -0.955. The maximum atomic E-state index is 11.6. The van der Waals surface area contributed by atoms with Crippen molar-refractivity contribution < 1.29 is 14.7 Å². The van der Waals surface area contributed by atoms with Gasteiger partial charge < -0.3 is 15.7 Å². The molecule has 0 bridgehead atoms. The van der Waals surface area contributed by atoms with Crippen LogP contribution in [0.3, 0.4) is 0 Å². The van der Waals surface area contributed by atoms with Crippen molar-refractivity contribution in [1.29, 1.82) is 0 Å². The Morgan fingerprint density at radius 1 is 1.60 bits per heavy atom. The van der Waals surface area contributed by atoms with Gasteiger partial charge in [0.15, 0.2) is 0 Å². The van der Waals surface area contributed by atoms with Crippen LogP contribution in [0.4, 0.5) is 0 Å². The van der Waals surface area contributed by atoms with E-state index in [9.17, 15) is 9.59 Å². The van der Waals surface area contributed by atoms with Crippen LogP contribution < -0.4 is 10.6 Å². The summed E-state index contributed by atoms with van der Waals surface area (Å²) < 4.78 is 0. The molecule has 0 saturated carbocycles. The summed E-state index contributed by atoms with van der Waals surface area (Å²) in [6.45, 7) is 2.74. The first kappa shape index (κ1) is 12.0. The lowest BCUT2D eigenvalue weighted by Gasteiger charge is -2.16. The van der Waals surface area contributed by atoms with E-state index in [1.54, 1.807) is 0 Å². The van der Waals surface area contributed by atoms with Crippen molar-refractivity contribution in [1.82, 2.24) is 10.6 Å². The molecule has 1 fully saturated rings. The topological polar surface area (TPSA) is 78.4 Å². The van der Waals surface area contributed by atoms with Crippen molar-refractivity contribution in [2.45, 2.75) is 44.7 Å². The zero-order chi connectivity index (χ0) is 11.3. The average molecular weight is 214 g/mol. The van der Waals surface area contributed by atoms with E-state index in [4.69, 9.17) is 5.11 Å². The standard InChI is InChI=1S/C10H18N2O3/c1-2-4-8(10(14)15)12-9(13)7-5-3-6-11-7/h7-8,11H,2-6H2,1H3,(H,12,13)(H,14,15)/t7-,8-/m0/s1. The van der Waals surface area contributed by atoms with Crippen molar-refractivity contribution in [2.75, 3.05) is 6.54 Å². The number of carbonyl (C=O) groups excluding carboxylic acids is 1. The Morgan fingerprint density at radius 3 is 2.80 bits per heavy atom. The van der Waals surface area contributed by atoms with Crippen LogP contribution in [0.2, 0.25) is 0 Å². The Hall–Kier alpha value is -1.10. The molecule has 1 rings (SSSR count). The Bertz CT molecular complexity index is 237. The Balaban J connectivity index is 2.42. The first-order valence-corrected chi connectivity index (χ1v) is 5.41. The maximum Gasteiger partial charge on any atom is 0.326 e. The van der Waals surface area contributed by atoms with Crippen molar-refractivity contribution >= 4 is 11.9 Å². The van der Waals surface area contributed by atoms with E-state index >= 15 is 0 Å². The third-order valence-corrected chi connectivity index (χ3v) is 2.57. The molecule has 1 aliphatic heterocycles. The second-order valence-corrected chi connectivity index (χ2v) is 3.84. The third-order valence-electron chi connectivity index (χ3n) is 2.57. The highest BCUT2D eigenvalue weighted by Crippen LogP contribution is 2.06. The van der Waals surface area contributed by atoms with Gasteiger partial charge in [-0.2, -0.15) is 0 Å². The van der Waals surface area contributed by atoms with Crippen molar-refractivity contribution in [3.8, 4) is 0 Å². The van der Waals surface area contributed by atoms with Gasteiger partial charge in [0.2, 0.25) is 5.91 Å². The Labute approximate surface area is 89.2 Å². The van der Waals surface area contributed by atoms with Gasteiger partial charge in [-0.05, 0) is 25.8 Å². The highest BCUT2D eigenvalue weighted by atomic mass is 16.4. The lowest BCUT2D eigenvalue weighted by molar-refractivity contribution is -0.142. The summed E-state index contributed by atoms with van der Waals surface area (Å²) in [6, 6.07) is -0.950. The van der Waals surface area contributed by atoms with Crippen molar-refractivity contribution in [3.05, 3.63) is 0 Å². The van der Waals surface area contributed by atoms with Crippen LogP contribution in [0, 0.1) is 0 Å². The van der Waals surface area contributed by atoms with Crippen molar-refractivity contribution in [3.63, 3.8) is 0 Å². The van der Waals surface area contributed by atoms with Gasteiger partial charge in [0.25, 0.3) is 0 Å². The molecule has 1 amide bonds. The number of nitrogens with one attached hydrogen (secondary N) is 2. The molecule has 5 heteroatoms. The molecule has 0 spiro atoms. The highest BCUT2D eigenvalue weighted by molar-refractivity contribution is 5.87. The van der Waals surface area contributed by atoms with E-state index in [1.165, 1.54) is 0 Å². The lowest BCUT2D eigenvalue weighted by Crippen LogP contribution is -2.48. The largest absolute Gasteiger partial charge is 0.480 e. The molecule has 5 nitrogen and oxygen atoms in total. The van der Waals surface area contributed by atoms with Gasteiger partial charge in [-0.3, -0.25) is 4.79 Å². The first-order valence-electron chi connectivity index (χ1n) is 5.41. The summed E-state index contributed by atoms with van der Waals surface area (Å²) in [6.07, 6.45) is 3.00. The molecule has 3 N–H and O–H groups in total. The molecule has 0 aromatic carbocycles. The summed E-state index contributed by atoms with van der Waals surface area (Å²) in [4.78, 5) is 22.4. The SMILES string of the molecule is CCC[C@H](NC(=O)[C@@H]1CCCN1)C(=O)O. The van der Waals surface area contributed by atoms with E-state index in [1.807, 2.05) is 6.92 Å². The van der Waals surface area contributed by atoms with Crippen LogP contribution in [0.15, 0.2) is 0 Å². The number of amides is 1. The van der Waals surface area contributed by atoms with Gasteiger partial charge in [-0.1, -0.05) is 13.3 Å². The normalized spacial score (nSPS) is 22.3. The molecular weight excluding hydrogens is 196 g/mol. The summed E-state index contributed by atoms with van der Waals surface area (Å²) in [7, 11) is 0. The molecule has 0 radical (unpaired) electrons. The smallest absolute Gasteiger partial charge is 0.326 e. The quantitative estimate of drug-likeness (QED) is 0.607. The van der Waals surface area contributed by atoms with Crippen LogP contribution in [0.25, 0.3) is 0 Å². The minimum absolute atomic E-state index is 0.187. The highest BCUT2D eigenvalue weighted by Gasteiger charge is 2.26. The van der Waals surface area contributed by atoms with Crippen LogP contribution >= 0.6 is 0 Å². The van der Waals surface area contributed by atoms with Gasteiger partial charge in [0.1, 0.15) is 6.04 Å². The molecule has 1 saturated heterocycles. The van der Waals surface area contributed by atoms with Crippen molar-refractivity contribution in [2.24, 2.45) is 0 Å². The molecule has 1 heterocycles. The van der Waals surface area contributed by atoms with Crippen LogP contribution in [0.5, 0.6) is 0 Å². The molecular formula is C10H18N2O3. The predicted molar refractivity (Wildman–Crippen MR) is 55.5 cm³/mol. The Kier molecular flexibility index (Phi) is 4.55. The number of hydrogen-bond acceptors (Lipinski definition) is 3. The number of carboxylic acids is 1. The second kappa shape index (κ2) is 5.70. The third kappa shape index (κ3) is 3.51. The van der Waals surface area contributed by atoms with Gasteiger partial charge in [0.05, 0.1) is 6.04 Å². The van der Waals surface area contributed by atoms with E-state index in [-0.39, 0.29) is 11.9 Å². The molecule has 1 aliphatic rings. The van der Waals surface area contributed by atoms with E-state index in [2.05, 4.69) is 10.6 Å². The number of aliphatic carboxylic acids is 1. The monoisotopic (exact) mass is 214 g/mol. The van der Waals surface area contributed by atoms with E-state index in [0.717, 1.165) is 25.8 Å². The minimum Gasteiger partial charge on any atom is -0.480 e.